The second-order valence-corrected chi connectivity index (χ2v) is 7.30. The third-order valence-corrected chi connectivity index (χ3v) is 5.42. The summed E-state index contributed by atoms with van der Waals surface area (Å²) in [6, 6.07) is 7.11. The van der Waals surface area contributed by atoms with Crippen LogP contribution >= 0.6 is 11.3 Å². The normalized spacial score (nSPS) is 15.1. The summed E-state index contributed by atoms with van der Waals surface area (Å²) in [7, 11) is 0. The van der Waals surface area contributed by atoms with E-state index in [4.69, 9.17) is 9.15 Å². The summed E-state index contributed by atoms with van der Waals surface area (Å²) in [5.41, 5.74) is 1.37. The van der Waals surface area contributed by atoms with Gasteiger partial charge in [-0.1, -0.05) is 0 Å². The highest BCUT2D eigenvalue weighted by Crippen LogP contribution is 2.35. The molecule has 4 rings (SSSR count). The predicted molar refractivity (Wildman–Crippen MR) is 99.3 cm³/mol. The van der Waals surface area contributed by atoms with E-state index in [-0.39, 0.29) is 5.91 Å². The second-order valence-electron chi connectivity index (χ2n) is 6.22. The van der Waals surface area contributed by atoms with E-state index in [0.717, 1.165) is 48.8 Å². The lowest BCUT2D eigenvalue weighted by molar-refractivity contribution is 0.0667. The van der Waals surface area contributed by atoms with Gasteiger partial charge in [-0.2, -0.15) is 0 Å². The molecule has 0 bridgehead atoms. The van der Waals surface area contributed by atoms with Crippen molar-refractivity contribution >= 4 is 22.4 Å². The molecule has 4 heterocycles. The van der Waals surface area contributed by atoms with Gasteiger partial charge in [0, 0.05) is 36.0 Å². The molecule has 0 aromatic carbocycles. The van der Waals surface area contributed by atoms with Gasteiger partial charge in [-0.3, -0.25) is 15.1 Å². The molecule has 6 nitrogen and oxygen atoms in total. The number of ether oxygens (including phenoxy) is 1. The first kappa shape index (κ1) is 16.9. The molecule has 0 atom stereocenters. The lowest BCUT2D eigenvalue weighted by Gasteiger charge is -2.21. The molecule has 1 aliphatic rings. The zero-order valence-corrected chi connectivity index (χ0v) is 15.0. The highest BCUT2D eigenvalue weighted by atomic mass is 32.1. The summed E-state index contributed by atoms with van der Waals surface area (Å²) >= 11 is 1.51. The molecule has 0 radical (unpaired) electrons. The Labute approximate surface area is 155 Å². The van der Waals surface area contributed by atoms with E-state index in [9.17, 15) is 4.79 Å². The fraction of sp³-hybridized carbons (Fsp3) is 0.316. The number of pyridine rings is 1. The molecule has 1 amide bonds. The molecule has 0 spiro atoms. The Kier molecular flexibility index (Phi) is 5.08. The van der Waals surface area contributed by atoms with Crippen LogP contribution in [0.15, 0.2) is 47.3 Å². The maximum absolute atomic E-state index is 12.4. The minimum atomic E-state index is -0.190. The number of anilines is 1. The van der Waals surface area contributed by atoms with Crippen molar-refractivity contribution in [1.29, 1.82) is 0 Å². The molecule has 3 aromatic rings. The van der Waals surface area contributed by atoms with Crippen LogP contribution in [0, 0.1) is 5.92 Å². The molecule has 1 saturated heterocycles. The molecule has 0 aliphatic carbocycles. The highest BCUT2D eigenvalue weighted by molar-refractivity contribution is 7.16. The van der Waals surface area contributed by atoms with Gasteiger partial charge in [0.05, 0.1) is 6.26 Å². The van der Waals surface area contributed by atoms with Gasteiger partial charge in [0.15, 0.2) is 10.9 Å². The number of thiazole rings is 1. The van der Waals surface area contributed by atoms with Crippen LogP contribution in [0.25, 0.3) is 11.5 Å². The third kappa shape index (κ3) is 3.84. The molecule has 3 aromatic heterocycles. The van der Waals surface area contributed by atoms with Crippen molar-refractivity contribution in [3.05, 3.63) is 53.4 Å². The van der Waals surface area contributed by atoms with Crippen molar-refractivity contribution in [2.45, 2.75) is 19.3 Å². The minimum absolute atomic E-state index is 0.190. The lowest BCUT2D eigenvalue weighted by atomic mass is 9.95. The molecule has 0 unspecified atom stereocenters. The zero-order chi connectivity index (χ0) is 17.8. The highest BCUT2D eigenvalue weighted by Gasteiger charge is 2.22. The summed E-state index contributed by atoms with van der Waals surface area (Å²) < 4.78 is 11.0. The molecule has 1 N–H and O–H groups in total. The summed E-state index contributed by atoms with van der Waals surface area (Å²) in [5.74, 6) is 1.11. The summed E-state index contributed by atoms with van der Waals surface area (Å²) in [5, 5.41) is 3.48. The number of amides is 1. The van der Waals surface area contributed by atoms with Crippen LogP contribution in [0.2, 0.25) is 0 Å². The predicted octanol–water partition coefficient (Wildman–Crippen LogP) is 4.02. The fourth-order valence-electron chi connectivity index (χ4n) is 3.03. The average Bonchev–Trinajstić information content (AvgIpc) is 3.33. The van der Waals surface area contributed by atoms with E-state index < -0.39 is 0 Å². The first-order chi connectivity index (χ1) is 12.8. The first-order valence-corrected chi connectivity index (χ1v) is 9.44. The first-order valence-electron chi connectivity index (χ1n) is 8.62. The van der Waals surface area contributed by atoms with Crippen molar-refractivity contribution in [1.82, 2.24) is 9.97 Å². The van der Waals surface area contributed by atoms with E-state index in [2.05, 4.69) is 15.3 Å². The van der Waals surface area contributed by atoms with Crippen LogP contribution in [0.4, 0.5) is 5.13 Å². The van der Waals surface area contributed by atoms with Gasteiger partial charge in [0.25, 0.3) is 5.91 Å². The monoisotopic (exact) mass is 369 g/mol. The van der Waals surface area contributed by atoms with E-state index in [0.29, 0.717) is 16.6 Å². The quantitative estimate of drug-likeness (QED) is 0.735. The van der Waals surface area contributed by atoms with Gasteiger partial charge in [-0.05, 0) is 49.4 Å². The van der Waals surface area contributed by atoms with Crippen molar-refractivity contribution in [2.75, 3.05) is 18.5 Å². The van der Waals surface area contributed by atoms with Crippen LogP contribution in [0.5, 0.6) is 0 Å². The molecule has 7 heteroatoms. The molecule has 0 saturated carbocycles. The Morgan fingerprint density at radius 1 is 1.23 bits per heavy atom. The van der Waals surface area contributed by atoms with Gasteiger partial charge < -0.3 is 9.15 Å². The Morgan fingerprint density at radius 3 is 2.77 bits per heavy atom. The van der Waals surface area contributed by atoms with Gasteiger partial charge in [-0.25, -0.2) is 4.98 Å². The Balaban J connectivity index is 1.57. The minimum Gasteiger partial charge on any atom is -0.463 e. The number of carbonyl (C=O) groups excluding carboxylic acids is 1. The largest absolute Gasteiger partial charge is 0.463 e. The van der Waals surface area contributed by atoms with Gasteiger partial charge >= 0.3 is 0 Å². The Hall–Kier alpha value is -2.51. The number of nitrogens with one attached hydrogen (secondary N) is 1. The van der Waals surface area contributed by atoms with Crippen LogP contribution in [0.3, 0.4) is 0 Å². The van der Waals surface area contributed by atoms with Crippen LogP contribution in [-0.4, -0.2) is 29.1 Å². The topological polar surface area (TPSA) is 77.2 Å². The molecular formula is C19H19N3O3S. The number of hydrogen-bond donors (Lipinski definition) is 1. The van der Waals surface area contributed by atoms with Crippen LogP contribution < -0.4 is 5.32 Å². The van der Waals surface area contributed by atoms with Gasteiger partial charge in [-0.15, -0.1) is 11.3 Å². The van der Waals surface area contributed by atoms with Gasteiger partial charge in [0.2, 0.25) is 0 Å². The lowest BCUT2D eigenvalue weighted by Crippen LogP contribution is -2.17. The molecule has 1 fully saturated rings. The average molecular weight is 369 g/mol. The summed E-state index contributed by atoms with van der Waals surface area (Å²) in [6.07, 6.45) is 7.86. The number of aromatic nitrogens is 2. The number of furan rings is 1. The molecule has 26 heavy (non-hydrogen) atoms. The van der Waals surface area contributed by atoms with Crippen molar-refractivity contribution in [2.24, 2.45) is 5.92 Å². The smallest absolute Gasteiger partial charge is 0.257 e. The van der Waals surface area contributed by atoms with Crippen LogP contribution in [0.1, 0.15) is 28.1 Å². The molecule has 1 aliphatic heterocycles. The van der Waals surface area contributed by atoms with E-state index in [1.807, 2.05) is 12.1 Å². The zero-order valence-electron chi connectivity index (χ0n) is 14.2. The Bertz CT molecular complexity index is 856. The standard InChI is InChI=1S/C19H19N3O3S/c23-18(14-3-7-20-8-4-14)22-19-21-17(15-2-1-9-25-15)16(26-19)12-13-5-10-24-11-6-13/h1-4,7-9,13H,5-6,10-12H2,(H,21,22,23). The third-order valence-electron chi connectivity index (χ3n) is 4.43. The molecule has 134 valence electrons. The fourth-order valence-corrected chi connectivity index (χ4v) is 4.11. The van der Waals surface area contributed by atoms with Crippen molar-refractivity contribution in [3.8, 4) is 11.5 Å². The van der Waals surface area contributed by atoms with Crippen molar-refractivity contribution in [3.63, 3.8) is 0 Å². The number of nitrogens with zero attached hydrogens (tertiary/aromatic N) is 2. The van der Waals surface area contributed by atoms with Gasteiger partial charge in [0.1, 0.15) is 5.69 Å². The maximum Gasteiger partial charge on any atom is 0.257 e. The summed E-state index contributed by atoms with van der Waals surface area (Å²) in [4.78, 5) is 22.1. The number of rotatable bonds is 5. The second kappa shape index (κ2) is 7.80. The molecular weight excluding hydrogens is 350 g/mol. The maximum atomic E-state index is 12.4. The van der Waals surface area contributed by atoms with Crippen LogP contribution in [-0.2, 0) is 11.2 Å². The van der Waals surface area contributed by atoms with E-state index in [1.165, 1.54) is 11.3 Å². The number of hydrogen-bond acceptors (Lipinski definition) is 6. The SMILES string of the molecule is O=C(Nc1nc(-c2ccco2)c(CC2CCOCC2)s1)c1ccncc1. The van der Waals surface area contributed by atoms with Crippen molar-refractivity contribution < 1.29 is 13.9 Å². The van der Waals surface area contributed by atoms with E-state index in [1.54, 1.807) is 30.8 Å². The van der Waals surface area contributed by atoms with E-state index >= 15 is 0 Å². The number of carbonyl (C=O) groups is 1. The summed E-state index contributed by atoms with van der Waals surface area (Å²) in [6.45, 7) is 1.62. The Morgan fingerprint density at radius 2 is 2.04 bits per heavy atom.